The molecular formula is C29H36O8. The second-order valence-corrected chi connectivity index (χ2v) is 9.25. The first kappa shape index (κ1) is 31.0. The number of ether oxygens (including phenoxy) is 3. The molecule has 0 spiro atoms. The lowest BCUT2D eigenvalue weighted by atomic mass is 10.1. The smallest absolute Gasteiger partial charge is 0.511 e. The quantitative estimate of drug-likeness (QED) is 0.177. The fraction of sp³-hybridized carbons (Fsp3) is 0.345. The van der Waals surface area contributed by atoms with Crippen LogP contribution in [-0.4, -0.2) is 40.2 Å². The molecule has 0 aliphatic carbocycles. The lowest BCUT2D eigenvalue weighted by molar-refractivity contribution is -0.168. The van der Waals surface area contributed by atoms with Crippen molar-refractivity contribution in [2.45, 2.75) is 65.8 Å². The van der Waals surface area contributed by atoms with Crippen molar-refractivity contribution in [2.24, 2.45) is 0 Å². The lowest BCUT2D eigenvalue weighted by Crippen LogP contribution is -2.31. The predicted molar refractivity (Wildman–Crippen MR) is 140 cm³/mol. The molecule has 0 heterocycles. The number of carboxylic acid groups (broad SMARTS) is 1. The summed E-state index contributed by atoms with van der Waals surface area (Å²) in [5, 5.41) is 18.1. The lowest BCUT2D eigenvalue weighted by Gasteiger charge is -2.22. The zero-order valence-corrected chi connectivity index (χ0v) is 22.0. The van der Waals surface area contributed by atoms with Gasteiger partial charge in [-0.05, 0) is 52.2 Å². The molecular weight excluding hydrogens is 476 g/mol. The average Bonchev–Trinajstić information content (AvgIpc) is 2.82. The van der Waals surface area contributed by atoms with Gasteiger partial charge in [0.05, 0.1) is 5.57 Å². The number of carboxylic acids is 1. The van der Waals surface area contributed by atoms with Crippen LogP contribution in [0.25, 0.3) is 0 Å². The number of esters is 1. The van der Waals surface area contributed by atoms with Crippen LogP contribution >= 0.6 is 0 Å². The van der Waals surface area contributed by atoms with Gasteiger partial charge in [-0.3, -0.25) is 0 Å². The topological polar surface area (TPSA) is 119 Å². The third kappa shape index (κ3) is 13.6. The Bertz CT molecular complexity index is 1070. The van der Waals surface area contributed by atoms with E-state index in [0.717, 1.165) is 11.1 Å². The fourth-order valence-corrected chi connectivity index (χ4v) is 2.73. The maximum absolute atomic E-state index is 11.8. The second kappa shape index (κ2) is 15.1. The summed E-state index contributed by atoms with van der Waals surface area (Å²) in [5.41, 5.74) is 1.51. The van der Waals surface area contributed by atoms with Gasteiger partial charge in [-0.25, -0.2) is 14.4 Å². The maximum Gasteiger partial charge on any atom is 0.511 e. The van der Waals surface area contributed by atoms with Gasteiger partial charge in [0.15, 0.2) is 0 Å². The highest BCUT2D eigenvalue weighted by Gasteiger charge is 2.24. The van der Waals surface area contributed by atoms with E-state index in [9.17, 15) is 19.5 Å². The van der Waals surface area contributed by atoms with Crippen molar-refractivity contribution in [1.29, 1.82) is 0 Å². The Balaban J connectivity index is 0.000000397. The van der Waals surface area contributed by atoms with E-state index in [0.29, 0.717) is 12.8 Å². The largest absolute Gasteiger partial charge is 0.512 e. The summed E-state index contributed by atoms with van der Waals surface area (Å²) in [6.07, 6.45) is -0.706. The van der Waals surface area contributed by atoms with Crippen LogP contribution in [0.15, 0.2) is 84.1 Å². The summed E-state index contributed by atoms with van der Waals surface area (Å²) >= 11 is 0. The van der Waals surface area contributed by atoms with Crippen molar-refractivity contribution >= 4 is 18.1 Å². The van der Waals surface area contributed by atoms with Crippen LogP contribution in [0.5, 0.6) is 0 Å². The number of carbonyl (C=O) groups is 3. The number of rotatable bonds is 9. The number of allylic oxidation sites excluding steroid dienone is 1. The van der Waals surface area contributed by atoms with Gasteiger partial charge in [-0.1, -0.05) is 67.2 Å². The fourth-order valence-electron chi connectivity index (χ4n) is 2.73. The Labute approximate surface area is 218 Å². The van der Waals surface area contributed by atoms with Crippen LogP contribution in [0.3, 0.4) is 0 Å². The number of aliphatic carboxylic acids is 1. The molecule has 0 aliphatic heterocycles. The van der Waals surface area contributed by atoms with Gasteiger partial charge in [0.1, 0.15) is 11.4 Å². The van der Waals surface area contributed by atoms with E-state index < -0.39 is 30.0 Å². The van der Waals surface area contributed by atoms with E-state index in [1.807, 2.05) is 60.7 Å². The number of hydrogen-bond acceptors (Lipinski definition) is 7. The minimum atomic E-state index is -1.07. The monoisotopic (exact) mass is 512 g/mol. The van der Waals surface area contributed by atoms with Crippen molar-refractivity contribution in [3.8, 4) is 0 Å². The number of aliphatic hydroxyl groups is 1. The molecule has 2 aromatic carbocycles. The number of hydrogen-bond donors (Lipinski definition) is 2. The van der Waals surface area contributed by atoms with Gasteiger partial charge >= 0.3 is 18.1 Å². The Morgan fingerprint density at radius 2 is 1.38 bits per heavy atom. The zero-order valence-electron chi connectivity index (χ0n) is 22.0. The van der Waals surface area contributed by atoms with Gasteiger partial charge < -0.3 is 24.4 Å². The van der Waals surface area contributed by atoms with Crippen LogP contribution in [0.2, 0.25) is 0 Å². The highest BCUT2D eigenvalue weighted by molar-refractivity contribution is 5.87. The van der Waals surface area contributed by atoms with E-state index in [-0.39, 0.29) is 23.3 Å². The van der Waals surface area contributed by atoms with E-state index in [1.54, 1.807) is 20.8 Å². The van der Waals surface area contributed by atoms with Crippen LogP contribution in [0, 0.1) is 0 Å². The molecule has 1 atom stereocenters. The zero-order chi connectivity index (χ0) is 28.0. The van der Waals surface area contributed by atoms with Gasteiger partial charge in [0.25, 0.3) is 6.29 Å². The van der Waals surface area contributed by atoms with Gasteiger partial charge in [-0.15, -0.1) is 0 Å². The Morgan fingerprint density at radius 1 is 0.865 bits per heavy atom. The first-order valence-corrected chi connectivity index (χ1v) is 11.7. The Hall–Kier alpha value is -4.07. The second-order valence-electron chi connectivity index (χ2n) is 9.25. The van der Waals surface area contributed by atoms with Crippen LogP contribution in [0.1, 0.15) is 52.2 Å². The molecule has 8 nitrogen and oxygen atoms in total. The van der Waals surface area contributed by atoms with E-state index in [1.165, 1.54) is 13.8 Å². The molecule has 2 rings (SSSR count). The number of carbonyl (C=O) groups excluding carboxylic acids is 2. The highest BCUT2D eigenvalue weighted by atomic mass is 16.8. The summed E-state index contributed by atoms with van der Waals surface area (Å²) in [6, 6.07) is 18.9. The number of benzene rings is 2. The van der Waals surface area contributed by atoms with E-state index in [4.69, 9.17) is 19.3 Å². The molecule has 2 aromatic rings. The summed E-state index contributed by atoms with van der Waals surface area (Å²) < 4.78 is 15.3. The molecule has 1 unspecified atom stereocenters. The van der Waals surface area contributed by atoms with Crippen LogP contribution in [0.4, 0.5) is 4.79 Å². The summed E-state index contributed by atoms with van der Waals surface area (Å²) in [6.45, 7) is 11.6. The average molecular weight is 513 g/mol. The summed E-state index contributed by atoms with van der Waals surface area (Å²) in [5.74, 6) is -1.74. The molecule has 8 heteroatoms. The van der Waals surface area contributed by atoms with Crippen LogP contribution < -0.4 is 0 Å². The van der Waals surface area contributed by atoms with E-state index in [2.05, 4.69) is 6.58 Å². The molecule has 0 radical (unpaired) electrons. The molecule has 0 fully saturated rings. The van der Waals surface area contributed by atoms with E-state index >= 15 is 0 Å². The molecule has 0 saturated heterocycles. The molecule has 2 N–H and O–H groups in total. The van der Waals surface area contributed by atoms with Gasteiger partial charge in [0.2, 0.25) is 0 Å². The minimum absolute atomic E-state index is 0.0194. The molecule has 0 aromatic heterocycles. The SMILES string of the molecule is C=C(C)C(=O)OC(Cc1ccccc1)OC(=O)OC(C)(C)C.CC(C(=O)O)=C(O)CCc1ccccc1. The first-order valence-electron chi connectivity index (χ1n) is 11.7. The molecule has 37 heavy (non-hydrogen) atoms. The third-order valence-corrected chi connectivity index (χ3v) is 4.70. The maximum atomic E-state index is 11.8. The summed E-state index contributed by atoms with van der Waals surface area (Å²) in [4.78, 5) is 33.9. The summed E-state index contributed by atoms with van der Waals surface area (Å²) in [7, 11) is 0. The van der Waals surface area contributed by atoms with Crippen molar-refractivity contribution in [1.82, 2.24) is 0 Å². The standard InChI is InChI=1S/C17H22O5.C12H14O3/c1-12(2)15(18)20-14(11-13-9-7-6-8-10-13)21-16(19)22-17(3,4)5;1-9(12(14)15)11(13)8-7-10-5-3-2-4-6-10/h6-10,14H,1,11H2,2-5H3;2-6,13H,7-8H2,1H3,(H,14,15). The molecule has 0 aliphatic rings. The Kier molecular flexibility index (Phi) is 12.7. The minimum Gasteiger partial charge on any atom is -0.512 e. The molecule has 200 valence electrons. The van der Waals surface area contributed by atoms with Crippen molar-refractivity contribution < 1.29 is 38.8 Å². The molecule has 0 amide bonds. The molecule has 0 saturated carbocycles. The predicted octanol–water partition coefficient (Wildman–Crippen LogP) is 6.16. The first-order chi connectivity index (χ1) is 17.3. The van der Waals surface area contributed by atoms with Crippen molar-refractivity contribution in [3.05, 3.63) is 95.3 Å². The van der Waals surface area contributed by atoms with Gasteiger partial charge in [-0.2, -0.15) is 0 Å². The number of aryl methyl sites for hydroxylation is 1. The van der Waals surface area contributed by atoms with Crippen LogP contribution in [-0.2, 0) is 36.6 Å². The number of aliphatic hydroxyl groups excluding tert-OH is 1. The molecule has 0 bridgehead atoms. The third-order valence-electron chi connectivity index (χ3n) is 4.70. The normalized spacial score (nSPS) is 12.1. The Morgan fingerprint density at radius 3 is 1.84 bits per heavy atom. The van der Waals surface area contributed by atoms with Crippen molar-refractivity contribution in [3.63, 3.8) is 0 Å². The van der Waals surface area contributed by atoms with Crippen molar-refractivity contribution in [2.75, 3.05) is 0 Å². The highest BCUT2D eigenvalue weighted by Crippen LogP contribution is 2.14. The van der Waals surface area contributed by atoms with Gasteiger partial charge in [0, 0.05) is 18.4 Å².